The highest BCUT2D eigenvalue weighted by Gasteiger charge is 2.13. The molecule has 1 heterocycles. The Bertz CT molecular complexity index is 750. The van der Waals surface area contributed by atoms with Crippen LogP contribution in [0.15, 0.2) is 41.4 Å². The Balaban J connectivity index is 2.02. The first-order chi connectivity index (χ1) is 12.0. The molecule has 2 rings (SSSR count). The van der Waals surface area contributed by atoms with Crippen molar-refractivity contribution in [2.75, 3.05) is 13.1 Å². The molecule has 25 heavy (non-hydrogen) atoms. The third-order valence-corrected chi connectivity index (χ3v) is 4.66. The molecule has 1 aromatic carbocycles. The molecule has 0 fully saturated rings. The third-order valence-electron chi connectivity index (χ3n) is 3.33. The summed E-state index contributed by atoms with van der Waals surface area (Å²) in [5.41, 5.74) is 0.561. The van der Waals surface area contributed by atoms with Crippen molar-refractivity contribution in [3.8, 4) is 0 Å². The summed E-state index contributed by atoms with van der Waals surface area (Å²) in [5, 5.41) is 27.3. The molecule has 0 aliphatic carbocycles. The molecule has 0 aliphatic heterocycles. The zero-order valence-corrected chi connectivity index (χ0v) is 15.2. The van der Waals surface area contributed by atoms with Crippen molar-refractivity contribution in [1.82, 2.24) is 10.6 Å². The number of aliphatic imine (C=N–C) groups is 1. The van der Waals surface area contributed by atoms with E-state index in [0.717, 1.165) is 4.88 Å². The van der Waals surface area contributed by atoms with Crippen LogP contribution in [0.3, 0.4) is 0 Å². The van der Waals surface area contributed by atoms with E-state index in [0.29, 0.717) is 22.4 Å². The van der Waals surface area contributed by atoms with Crippen molar-refractivity contribution < 1.29 is 10.0 Å². The minimum atomic E-state index is -0.715. The molecule has 0 bridgehead atoms. The van der Waals surface area contributed by atoms with E-state index >= 15 is 0 Å². The van der Waals surface area contributed by atoms with Crippen molar-refractivity contribution in [3.63, 3.8) is 0 Å². The smallest absolute Gasteiger partial charge is 0.274 e. The minimum absolute atomic E-state index is 0.0374. The van der Waals surface area contributed by atoms with Crippen LogP contribution in [-0.2, 0) is 6.54 Å². The van der Waals surface area contributed by atoms with Crippen LogP contribution in [0.1, 0.15) is 23.5 Å². The van der Waals surface area contributed by atoms with Crippen LogP contribution >= 0.6 is 22.9 Å². The Morgan fingerprint density at radius 3 is 2.76 bits per heavy atom. The number of guanidine groups is 1. The number of nitro benzene ring substituents is 1. The SMILES string of the molecule is CCNC(=NCc1ccccc1[N+](=O)[O-])NCC(O)c1ccc(Cl)s1. The van der Waals surface area contributed by atoms with Crippen LogP contribution in [0.25, 0.3) is 0 Å². The predicted molar refractivity (Wildman–Crippen MR) is 100 cm³/mol. The normalized spacial score (nSPS) is 12.7. The molecule has 0 saturated carbocycles. The lowest BCUT2D eigenvalue weighted by Gasteiger charge is -2.14. The number of halogens is 1. The van der Waals surface area contributed by atoms with E-state index in [1.165, 1.54) is 17.4 Å². The first-order valence-electron chi connectivity index (χ1n) is 7.69. The maximum Gasteiger partial charge on any atom is 0.274 e. The molecule has 0 saturated heterocycles. The van der Waals surface area contributed by atoms with E-state index in [2.05, 4.69) is 15.6 Å². The van der Waals surface area contributed by atoms with Gasteiger partial charge in [-0.3, -0.25) is 10.1 Å². The van der Waals surface area contributed by atoms with E-state index in [1.807, 2.05) is 6.92 Å². The molecule has 1 aromatic heterocycles. The molecule has 3 N–H and O–H groups in total. The molecule has 0 aliphatic rings. The largest absolute Gasteiger partial charge is 0.386 e. The second-order valence-electron chi connectivity index (χ2n) is 5.12. The highest BCUT2D eigenvalue weighted by Crippen LogP contribution is 2.26. The molecular formula is C16H19ClN4O3S. The number of thiophene rings is 1. The molecular weight excluding hydrogens is 364 g/mol. The maximum absolute atomic E-state index is 11.0. The van der Waals surface area contributed by atoms with E-state index < -0.39 is 11.0 Å². The standard InChI is InChI=1S/C16H19ClN4O3S/c1-2-18-16(20-10-13(22)14-7-8-15(17)25-14)19-9-11-5-3-4-6-12(11)21(23)24/h3-8,13,22H,2,9-10H2,1H3,(H2,18,19,20). The number of aliphatic hydroxyl groups is 1. The summed E-state index contributed by atoms with van der Waals surface area (Å²) in [4.78, 5) is 15.7. The Labute approximate surface area is 154 Å². The van der Waals surface area contributed by atoms with Gasteiger partial charge in [-0.25, -0.2) is 4.99 Å². The Hall–Kier alpha value is -2.16. The van der Waals surface area contributed by atoms with Gasteiger partial charge in [0.25, 0.3) is 5.69 Å². The van der Waals surface area contributed by atoms with Crippen LogP contribution in [0.4, 0.5) is 5.69 Å². The second kappa shape index (κ2) is 9.36. The summed E-state index contributed by atoms with van der Waals surface area (Å²) in [6, 6.07) is 10.00. The van der Waals surface area contributed by atoms with Gasteiger partial charge in [0, 0.05) is 24.0 Å². The van der Waals surface area contributed by atoms with Gasteiger partial charge in [-0.15, -0.1) is 11.3 Å². The Kier molecular flexibility index (Phi) is 7.17. The molecule has 134 valence electrons. The van der Waals surface area contributed by atoms with Gasteiger partial charge >= 0.3 is 0 Å². The molecule has 0 amide bonds. The Morgan fingerprint density at radius 1 is 1.36 bits per heavy atom. The molecule has 9 heteroatoms. The summed E-state index contributed by atoms with van der Waals surface area (Å²) in [5.74, 6) is 0.474. The fraction of sp³-hybridized carbons (Fsp3) is 0.312. The van der Waals surface area contributed by atoms with Gasteiger partial charge in [0.05, 0.1) is 21.4 Å². The molecule has 0 radical (unpaired) electrons. The van der Waals surface area contributed by atoms with E-state index in [1.54, 1.807) is 30.3 Å². The van der Waals surface area contributed by atoms with Gasteiger partial charge in [-0.2, -0.15) is 0 Å². The van der Waals surface area contributed by atoms with Crippen LogP contribution < -0.4 is 10.6 Å². The topological polar surface area (TPSA) is 99.8 Å². The number of hydrogen-bond acceptors (Lipinski definition) is 5. The zero-order chi connectivity index (χ0) is 18.2. The van der Waals surface area contributed by atoms with Crippen LogP contribution in [0.2, 0.25) is 4.34 Å². The molecule has 1 atom stereocenters. The predicted octanol–water partition coefficient (Wildman–Crippen LogP) is 3.10. The van der Waals surface area contributed by atoms with Crippen molar-refractivity contribution in [2.24, 2.45) is 4.99 Å². The number of nitrogens with zero attached hydrogens (tertiary/aromatic N) is 2. The van der Waals surface area contributed by atoms with Crippen LogP contribution in [0.5, 0.6) is 0 Å². The maximum atomic E-state index is 11.0. The number of rotatable bonds is 7. The number of aliphatic hydroxyl groups excluding tert-OH is 1. The summed E-state index contributed by atoms with van der Waals surface area (Å²) >= 11 is 7.19. The average Bonchev–Trinajstić information content (AvgIpc) is 3.03. The Morgan fingerprint density at radius 2 is 2.12 bits per heavy atom. The highest BCUT2D eigenvalue weighted by molar-refractivity contribution is 7.16. The quantitative estimate of drug-likeness (QED) is 0.296. The molecule has 1 unspecified atom stereocenters. The van der Waals surface area contributed by atoms with Gasteiger partial charge in [0.15, 0.2) is 5.96 Å². The summed E-state index contributed by atoms with van der Waals surface area (Å²) in [6.07, 6.45) is -0.715. The zero-order valence-electron chi connectivity index (χ0n) is 13.6. The number of nitro groups is 1. The van der Waals surface area contributed by atoms with E-state index in [9.17, 15) is 15.2 Å². The average molecular weight is 383 g/mol. The lowest BCUT2D eigenvalue weighted by atomic mass is 10.2. The van der Waals surface area contributed by atoms with Gasteiger partial charge < -0.3 is 15.7 Å². The lowest BCUT2D eigenvalue weighted by molar-refractivity contribution is -0.385. The van der Waals surface area contributed by atoms with Crippen molar-refractivity contribution in [2.45, 2.75) is 19.6 Å². The minimum Gasteiger partial charge on any atom is -0.386 e. The van der Waals surface area contributed by atoms with E-state index in [-0.39, 0.29) is 18.8 Å². The third kappa shape index (κ3) is 5.70. The van der Waals surface area contributed by atoms with Crippen LogP contribution in [0, 0.1) is 10.1 Å². The fourth-order valence-electron chi connectivity index (χ4n) is 2.13. The lowest BCUT2D eigenvalue weighted by Crippen LogP contribution is -2.39. The fourth-order valence-corrected chi connectivity index (χ4v) is 3.18. The molecule has 7 nitrogen and oxygen atoms in total. The van der Waals surface area contributed by atoms with Gasteiger partial charge in [0.2, 0.25) is 0 Å². The second-order valence-corrected chi connectivity index (χ2v) is 6.87. The van der Waals surface area contributed by atoms with Gasteiger partial charge in [-0.1, -0.05) is 29.8 Å². The van der Waals surface area contributed by atoms with Gasteiger partial charge in [0.1, 0.15) is 6.10 Å². The first-order valence-corrected chi connectivity index (χ1v) is 8.88. The number of benzene rings is 1. The van der Waals surface area contributed by atoms with E-state index in [4.69, 9.17) is 11.6 Å². The molecule has 2 aromatic rings. The first kappa shape index (κ1) is 19.2. The van der Waals surface area contributed by atoms with Crippen LogP contribution in [-0.4, -0.2) is 29.1 Å². The number of para-hydroxylation sites is 1. The van der Waals surface area contributed by atoms with Crippen molar-refractivity contribution in [3.05, 3.63) is 61.3 Å². The highest BCUT2D eigenvalue weighted by atomic mass is 35.5. The summed E-state index contributed by atoms with van der Waals surface area (Å²) in [7, 11) is 0. The molecule has 0 spiro atoms. The number of nitrogens with one attached hydrogen (secondary N) is 2. The monoisotopic (exact) mass is 382 g/mol. The summed E-state index contributed by atoms with van der Waals surface area (Å²) in [6.45, 7) is 2.95. The van der Waals surface area contributed by atoms with Crippen molar-refractivity contribution in [1.29, 1.82) is 0 Å². The van der Waals surface area contributed by atoms with Crippen molar-refractivity contribution >= 4 is 34.6 Å². The van der Waals surface area contributed by atoms with Gasteiger partial charge in [-0.05, 0) is 19.1 Å². The summed E-state index contributed by atoms with van der Waals surface area (Å²) < 4.78 is 0.617. The number of hydrogen-bond donors (Lipinski definition) is 3.